The molecule has 0 radical (unpaired) electrons. The molecule has 5 aromatic carbocycles. The number of anilines is 4. The maximum atomic E-state index is 4.69. The number of hydrogen-bond acceptors (Lipinski definition) is 4. The van der Waals surface area contributed by atoms with E-state index >= 15 is 0 Å². The van der Waals surface area contributed by atoms with Crippen molar-refractivity contribution in [1.29, 1.82) is 0 Å². The van der Waals surface area contributed by atoms with E-state index in [1.165, 1.54) is 28.0 Å². The third kappa shape index (κ3) is 9.05. The van der Waals surface area contributed by atoms with E-state index in [9.17, 15) is 0 Å². The summed E-state index contributed by atoms with van der Waals surface area (Å²) in [6, 6.07) is 46.1. The van der Waals surface area contributed by atoms with Crippen LogP contribution in [0.1, 0.15) is 48.0 Å². The van der Waals surface area contributed by atoms with Crippen LogP contribution in [-0.4, -0.2) is 9.97 Å². The molecular formula is C43H46N4. The third-order valence-corrected chi connectivity index (χ3v) is 7.15. The van der Waals surface area contributed by atoms with Gasteiger partial charge in [0.05, 0.1) is 11.4 Å². The molecule has 0 aliphatic rings. The summed E-state index contributed by atoms with van der Waals surface area (Å²) in [4.78, 5) is 9.38. The van der Waals surface area contributed by atoms with Gasteiger partial charge in [0, 0.05) is 23.5 Å². The van der Waals surface area contributed by atoms with Gasteiger partial charge in [0.25, 0.3) is 0 Å². The fourth-order valence-corrected chi connectivity index (χ4v) is 4.99. The average Bonchev–Trinajstić information content (AvgIpc) is 3.15. The van der Waals surface area contributed by atoms with Crippen molar-refractivity contribution < 1.29 is 0 Å². The minimum atomic E-state index is 0.776. The molecule has 4 nitrogen and oxygen atoms in total. The van der Waals surface area contributed by atoms with E-state index in [0.717, 1.165) is 45.3 Å². The zero-order chi connectivity index (χ0) is 33.4. The maximum Gasteiger partial charge on any atom is 0.130 e. The Morgan fingerprint density at radius 2 is 0.745 bits per heavy atom. The van der Waals surface area contributed by atoms with E-state index in [0.29, 0.717) is 0 Å². The van der Waals surface area contributed by atoms with Crippen molar-refractivity contribution in [2.45, 2.75) is 48.0 Å². The third-order valence-electron chi connectivity index (χ3n) is 7.15. The van der Waals surface area contributed by atoms with Crippen LogP contribution in [0.2, 0.25) is 0 Å². The van der Waals surface area contributed by atoms with Crippen molar-refractivity contribution >= 4 is 44.6 Å². The van der Waals surface area contributed by atoms with Crippen LogP contribution in [-0.2, 0) is 0 Å². The van der Waals surface area contributed by atoms with Crippen molar-refractivity contribution in [3.8, 4) is 22.3 Å². The SMILES string of the molecule is CC.CC.CCC.c1ccc(Nc2ccc(-c3ccc4ccccc4c3)cn2)c(Nc2ccc(-c3ccc4ccccc4c3)cn2)c1. The molecule has 7 aromatic rings. The smallest absolute Gasteiger partial charge is 0.130 e. The first-order valence-electron chi connectivity index (χ1n) is 16.7. The fourth-order valence-electron chi connectivity index (χ4n) is 4.99. The number of pyridine rings is 2. The topological polar surface area (TPSA) is 49.8 Å². The molecule has 4 heteroatoms. The van der Waals surface area contributed by atoms with Crippen LogP contribution in [0.15, 0.2) is 146 Å². The van der Waals surface area contributed by atoms with E-state index in [4.69, 9.17) is 9.97 Å². The molecule has 238 valence electrons. The molecule has 0 aliphatic heterocycles. The summed E-state index contributed by atoms with van der Waals surface area (Å²) in [5.41, 5.74) is 6.32. The van der Waals surface area contributed by atoms with Crippen LogP contribution in [0.3, 0.4) is 0 Å². The number of fused-ring (bicyclic) bond motifs is 2. The van der Waals surface area contributed by atoms with E-state index in [2.05, 4.69) is 122 Å². The van der Waals surface area contributed by atoms with Crippen molar-refractivity contribution in [3.63, 3.8) is 0 Å². The fraction of sp³-hybridized carbons (Fsp3) is 0.163. The Balaban J connectivity index is 0.000000666. The Hall–Kier alpha value is -5.48. The molecule has 7 rings (SSSR count). The molecule has 0 spiro atoms. The van der Waals surface area contributed by atoms with E-state index in [1.807, 2.05) is 76.5 Å². The Morgan fingerprint density at radius 1 is 0.404 bits per heavy atom. The van der Waals surface area contributed by atoms with E-state index in [1.54, 1.807) is 0 Å². The number of hydrogen-bond donors (Lipinski definition) is 2. The lowest BCUT2D eigenvalue weighted by Crippen LogP contribution is -2.00. The molecule has 0 amide bonds. The molecule has 0 unspecified atom stereocenters. The highest BCUT2D eigenvalue weighted by molar-refractivity contribution is 5.88. The Morgan fingerprint density at radius 3 is 1.11 bits per heavy atom. The van der Waals surface area contributed by atoms with Crippen molar-refractivity contribution in [2.75, 3.05) is 10.6 Å². The first-order chi connectivity index (χ1) is 23.2. The maximum absolute atomic E-state index is 4.69. The second-order valence-electron chi connectivity index (χ2n) is 10.5. The van der Waals surface area contributed by atoms with E-state index in [-0.39, 0.29) is 0 Å². The predicted octanol–water partition coefficient (Wildman–Crippen LogP) is 13.1. The molecule has 0 saturated carbocycles. The van der Waals surface area contributed by atoms with Crippen molar-refractivity contribution in [2.24, 2.45) is 0 Å². The Kier molecular flexibility index (Phi) is 13.1. The first-order valence-corrected chi connectivity index (χ1v) is 16.7. The van der Waals surface area contributed by atoms with Crippen molar-refractivity contribution in [1.82, 2.24) is 9.97 Å². The second kappa shape index (κ2) is 17.9. The number of benzene rings is 5. The summed E-state index contributed by atoms with van der Waals surface area (Å²) in [7, 11) is 0. The highest BCUT2D eigenvalue weighted by atomic mass is 15.0. The van der Waals surface area contributed by atoms with Gasteiger partial charge in [0.2, 0.25) is 0 Å². The summed E-state index contributed by atoms with van der Waals surface area (Å²) in [6.45, 7) is 12.2. The minimum absolute atomic E-state index is 0.776. The Labute approximate surface area is 280 Å². The number of nitrogens with zero attached hydrogens (tertiary/aromatic N) is 2. The van der Waals surface area contributed by atoms with Gasteiger partial charge in [-0.1, -0.05) is 133 Å². The average molecular weight is 619 g/mol. The van der Waals surface area contributed by atoms with Gasteiger partial charge >= 0.3 is 0 Å². The van der Waals surface area contributed by atoms with Crippen LogP contribution >= 0.6 is 0 Å². The lowest BCUT2D eigenvalue weighted by molar-refractivity contribution is 1.09. The molecule has 2 N–H and O–H groups in total. The number of rotatable bonds is 6. The van der Waals surface area contributed by atoms with Crippen molar-refractivity contribution in [3.05, 3.63) is 146 Å². The molecule has 0 fully saturated rings. The highest BCUT2D eigenvalue weighted by Crippen LogP contribution is 2.30. The van der Waals surface area contributed by atoms with Gasteiger partial charge in [-0.25, -0.2) is 9.97 Å². The summed E-state index contributed by atoms with van der Waals surface area (Å²) >= 11 is 0. The molecule has 0 aliphatic carbocycles. The normalized spacial score (nSPS) is 10.0. The predicted molar refractivity (Wildman–Crippen MR) is 206 cm³/mol. The van der Waals surface area contributed by atoms with Crippen LogP contribution in [0.5, 0.6) is 0 Å². The summed E-state index contributed by atoms with van der Waals surface area (Å²) in [5.74, 6) is 1.55. The van der Waals surface area contributed by atoms with Gasteiger partial charge in [-0.3, -0.25) is 0 Å². The molecule has 2 aromatic heterocycles. The molecular weight excluding hydrogens is 573 g/mol. The largest absolute Gasteiger partial charge is 0.339 e. The van der Waals surface area contributed by atoms with E-state index < -0.39 is 0 Å². The second-order valence-corrected chi connectivity index (χ2v) is 10.5. The minimum Gasteiger partial charge on any atom is -0.339 e. The van der Waals surface area contributed by atoms with Gasteiger partial charge in [-0.2, -0.15) is 0 Å². The monoisotopic (exact) mass is 618 g/mol. The summed E-state index contributed by atoms with van der Waals surface area (Å²) in [5, 5.41) is 11.8. The lowest BCUT2D eigenvalue weighted by Gasteiger charge is -2.14. The van der Waals surface area contributed by atoms with Gasteiger partial charge in [0.1, 0.15) is 11.6 Å². The molecule has 0 atom stereocenters. The number of para-hydroxylation sites is 2. The summed E-state index contributed by atoms with van der Waals surface area (Å²) < 4.78 is 0. The number of aromatic nitrogens is 2. The summed E-state index contributed by atoms with van der Waals surface area (Å²) in [6.07, 6.45) is 5.07. The molecule has 0 saturated heterocycles. The molecule has 0 bridgehead atoms. The highest BCUT2D eigenvalue weighted by Gasteiger charge is 2.07. The van der Waals surface area contributed by atoms with Gasteiger partial charge in [-0.05, 0) is 81.2 Å². The zero-order valence-corrected chi connectivity index (χ0v) is 28.5. The van der Waals surface area contributed by atoms with Crippen LogP contribution in [0, 0.1) is 0 Å². The Bertz CT molecular complexity index is 1820. The zero-order valence-electron chi connectivity index (χ0n) is 28.5. The number of nitrogens with one attached hydrogen (secondary N) is 2. The molecule has 47 heavy (non-hydrogen) atoms. The first kappa shape index (κ1) is 34.4. The van der Waals surface area contributed by atoms with Gasteiger partial charge in [0.15, 0.2) is 0 Å². The van der Waals surface area contributed by atoms with Crippen LogP contribution < -0.4 is 10.6 Å². The van der Waals surface area contributed by atoms with Gasteiger partial charge in [-0.15, -0.1) is 0 Å². The quantitative estimate of drug-likeness (QED) is 0.195. The van der Waals surface area contributed by atoms with Gasteiger partial charge < -0.3 is 10.6 Å². The standard InChI is InChI=1S/C36H26N4.C3H8.2C2H6/c1-3-9-27-21-29(15-13-25(27)7-1)31-17-19-35(37-23-31)39-33-11-5-6-12-34(33)40-36-20-18-32(24-38-36)30-16-14-26-8-2-4-10-28(26)22-30;1-3-2;2*1-2/h1-24H,(H,37,39)(H,38,40);3H2,1-2H3;2*1-2H3. The van der Waals surface area contributed by atoms with Crippen LogP contribution in [0.25, 0.3) is 43.8 Å². The van der Waals surface area contributed by atoms with Crippen LogP contribution in [0.4, 0.5) is 23.0 Å². The lowest BCUT2D eigenvalue weighted by atomic mass is 10.0. The molecule has 2 heterocycles.